The van der Waals surface area contributed by atoms with Gasteiger partial charge in [0, 0.05) is 17.1 Å². The first-order valence-corrected chi connectivity index (χ1v) is 8.14. The van der Waals surface area contributed by atoms with Crippen LogP contribution in [0, 0.1) is 5.82 Å². The Bertz CT molecular complexity index is 881. The molecule has 0 unspecified atom stereocenters. The molecular formula is C18H15ClFN3O3. The van der Waals surface area contributed by atoms with Crippen molar-refractivity contribution in [3.05, 3.63) is 70.8 Å². The van der Waals surface area contributed by atoms with Crippen LogP contribution in [-0.2, 0) is 17.9 Å². The fourth-order valence-corrected chi connectivity index (χ4v) is 2.56. The Morgan fingerprint density at radius 2 is 1.81 bits per heavy atom. The fraction of sp³-hybridized carbons (Fsp3) is 0.167. The second-order valence-corrected chi connectivity index (χ2v) is 6.12. The minimum atomic E-state index is -0.961. The van der Waals surface area contributed by atoms with Gasteiger partial charge in [0.25, 0.3) is 0 Å². The fourth-order valence-electron chi connectivity index (χ4n) is 2.43. The summed E-state index contributed by atoms with van der Waals surface area (Å²) < 4.78 is 18.2. The Labute approximate surface area is 153 Å². The summed E-state index contributed by atoms with van der Waals surface area (Å²) in [4.78, 5) is 17.1. The van der Waals surface area contributed by atoms with Crippen molar-refractivity contribution < 1.29 is 18.8 Å². The Morgan fingerprint density at radius 3 is 2.46 bits per heavy atom. The molecule has 1 heterocycles. The topological polar surface area (TPSA) is 79.5 Å². The SMILES string of the molecule is O=C(O)CN(Cc1ccc(Cl)cc1)Cc1nc(-c2ccc(F)cc2)no1. The van der Waals surface area contributed by atoms with Crippen LogP contribution in [-0.4, -0.2) is 32.7 Å². The summed E-state index contributed by atoms with van der Waals surface area (Å²) in [5, 5.41) is 13.6. The molecule has 8 heteroatoms. The van der Waals surface area contributed by atoms with E-state index in [9.17, 15) is 9.18 Å². The maximum absolute atomic E-state index is 13.0. The third-order valence-corrected chi connectivity index (χ3v) is 3.86. The maximum atomic E-state index is 13.0. The first-order chi connectivity index (χ1) is 12.5. The number of carboxylic acid groups (broad SMARTS) is 1. The molecule has 3 rings (SSSR count). The van der Waals surface area contributed by atoms with E-state index in [0.29, 0.717) is 23.0 Å². The standard InChI is InChI=1S/C18H15ClFN3O3/c19-14-5-1-12(2-6-14)9-23(11-17(24)25)10-16-21-18(22-26-16)13-3-7-15(20)8-4-13/h1-8H,9-11H2,(H,24,25). The molecule has 1 N–H and O–H groups in total. The van der Waals surface area contributed by atoms with Gasteiger partial charge in [0.1, 0.15) is 5.82 Å². The van der Waals surface area contributed by atoms with Gasteiger partial charge in [-0.1, -0.05) is 28.9 Å². The van der Waals surface area contributed by atoms with Crippen LogP contribution in [0.5, 0.6) is 0 Å². The molecule has 0 amide bonds. The maximum Gasteiger partial charge on any atom is 0.317 e. The monoisotopic (exact) mass is 375 g/mol. The molecule has 0 spiro atoms. The Kier molecular flexibility index (Phi) is 5.60. The van der Waals surface area contributed by atoms with Crippen molar-refractivity contribution in [3.63, 3.8) is 0 Å². The molecule has 0 radical (unpaired) electrons. The normalized spacial score (nSPS) is 11.0. The molecule has 0 fully saturated rings. The number of hydrogen-bond donors (Lipinski definition) is 1. The van der Waals surface area contributed by atoms with Gasteiger partial charge < -0.3 is 9.63 Å². The molecule has 26 heavy (non-hydrogen) atoms. The van der Waals surface area contributed by atoms with Gasteiger partial charge >= 0.3 is 5.97 Å². The number of carboxylic acids is 1. The molecule has 134 valence electrons. The highest BCUT2D eigenvalue weighted by molar-refractivity contribution is 6.30. The van der Waals surface area contributed by atoms with Gasteiger partial charge in [-0.2, -0.15) is 4.98 Å². The second-order valence-electron chi connectivity index (χ2n) is 5.68. The van der Waals surface area contributed by atoms with Crippen LogP contribution in [0.4, 0.5) is 4.39 Å². The van der Waals surface area contributed by atoms with Crippen LogP contribution in [0.2, 0.25) is 5.02 Å². The number of nitrogens with zero attached hydrogens (tertiary/aromatic N) is 3. The number of aliphatic carboxylic acids is 1. The average Bonchev–Trinajstić information content (AvgIpc) is 3.05. The van der Waals surface area contributed by atoms with Gasteiger partial charge in [0.15, 0.2) is 0 Å². The van der Waals surface area contributed by atoms with E-state index in [1.165, 1.54) is 12.1 Å². The number of carbonyl (C=O) groups is 1. The third-order valence-electron chi connectivity index (χ3n) is 3.61. The summed E-state index contributed by atoms with van der Waals surface area (Å²) in [7, 11) is 0. The van der Waals surface area contributed by atoms with E-state index in [-0.39, 0.29) is 24.8 Å². The minimum Gasteiger partial charge on any atom is -0.480 e. The average molecular weight is 376 g/mol. The largest absolute Gasteiger partial charge is 0.480 e. The molecule has 0 aliphatic rings. The molecule has 0 saturated carbocycles. The lowest BCUT2D eigenvalue weighted by atomic mass is 10.2. The Morgan fingerprint density at radius 1 is 1.12 bits per heavy atom. The minimum absolute atomic E-state index is 0.170. The van der Waals surface area contributed by atoms with Gasteiger partial charge in [-0.05, 0) is 42.0 Å². The smallest absolute Gasteiger partial charge is 0.317 e. The van der Waals surface area contributed by atoms with Gasteiger partial charge in [0.05, 0.1) is 13.1 Å². The van der Waals surface area contributed by atoms with Crippen molar-refractivity contribution >= 4 is 17.6 Å². The summed E-state index contributed by atoms with van der Waals surface area (Å²) >= 11 is 5.87. The highest BCUT2D eigenvalue weighted by Gasteiger charge is 2.16. The molecule has 0 aliphatic heterocycles. The summed E-state index contributed by atoms with van der Waals surface area (Å²) in [6, 6.07) is 12.9. The number of halogens is 2. The van der Waals surface area contributed by atoms with Crippen molar-refractivity contribution in [2.75, 3.05) is 6.54 Å². The van der Waals surface area contributed by atoms with Crippen LogP contribution in [0.3, 0.4) is 0 Å². The molecule has 0 saturated heterocycles. The number of hydrogen-bond acceptors (Lipinski definition) is 5. The van der Waals surface area contributed by atoms with Crippen LogP contribution in [0.25, 0.3) is 11.4 Å². The lowest BCUT2D eigenvalue weighted by molar-refractivity contribution is -0.138. The zero-order valence-corrected chi connectivity index (χ0v) is 14.4. The molecule has 1 aromatic heterocycles. The second kappa shape index (κ2) is 8.07. The first kappa shape index (κ1) is 18.0. The van der Waals surface area contributed by atoms with Crippen molar-refractivity contribution in [2.24, 2.45) is 0 Å². The Balaban J connectivity index is 1.73. The lowest BCUT2D eigenvalue weighted by Crippen LogP contribution is -2.29. The molecular weight excluding hydrogens is 361 g/mol. The van der Waals surface area contributed by atoms with Crippen LogP contribution >= 0.6 is 11.6 Å². The molecule has 0 aliphatic carbocycles. The molecule has 3 aromatic rings. The predicted octanol–water partition coefficient (Wildman–Crippen LogP) is 3.62. The van der Waals surface area contributed by atoms with Gasteiger partial charge in [0.2, 0.25) is 11.7 Å². The van der Waals surface area contributed by atoms with Gasteiger partial charge in [-0.15, -0.1) is 0 Å². The van der Waals surface area contributed by atoms with E-state index in [2.05, 4.69) is 10.1 Å². The Hall–Kier alpha value is -2.77. The third kappa shape index (κ3) is 4.87. The number of aromatic nitrogens is 2. The van der Waals surface area contributed by atoms with Crippen LogP contribution < -0.4 is 0 Å². The summed E-state index contributed by atoms with van der Waals surface area (Å²) in [6.07, 6.45) is 0. The van der Waals surface area contributed by atoms with E-state index in [4.69, 9.17) is 21.2 Å². The van der Waals surface area contributed by atoms with Crippen molar-refractivity contribution in [3.8, 4) is 11.4 Å². The molecule has 2 aromatic carbocycles. The van der Waals surface area contributed by atoms with E-state index >= 15 is 0 Å². The zero-order valence-electron chi connectivity index (χ0n) is 13.6. The van der Waals surface area contributed by atoms with Crippen molar-refractivity contribution in [1.82, 2.24) is 15.0 Å². The zero-order chi connectivity index (χ0) is 18.5. The predicted molar refractivity (Wildman–Crippen MR) is 92.9 cm³/mol. The van der Waals surface area contributed by atoms with Gasteiger partial charge in [-0.25, -0.2) is 4.39 Å². The van der Waals surface area contributed by atoms with Crippen LogP contribution in [0.1, 0.15) is 11.5 Å². The summed E-state index contributed by atoms with van der Waals surface area (Å²) in [5.41, 5.74) is 1.53. The van der Waals surface area contributed by atoms with E-state index in [1.54, 1.807) is 29.2 Å². The summed E-state index contributed by atoms with van der Waals surface area (Å²) in [5.74, 6) is -0.716. The summed E-state index contributed by atoms with van der Waals surface area (Å²) in [6.45, 7) is 0.373. The molecule has 6 nitrogen and oxygen atoms in total. The number of rotatable bonds is 7. The van der Waals surface area contributed by atoms with E-state index in [1.807, 2.05) is 12.1 Å². The highest BCUT2D eigenvalue weighted by Crippen LogP contribution is 2.18. The van der Waals surface area contributed by atoms with E-state index in [0.717, 1.165) is 5.56 Å². The molecule has 0 atom stereocenters. The quantitative estimate of drug-likeness (QED) is 0.679. The first-order valence-electron chi connectivity index (χ1n) is 7.77. The lowest BCUT2D eigenvalue weighted by Gasteiger charge is -2.18. The van der Waals surface area contributed by atoms with Crippen molar-refractivity contribution in [2.45, 2.75) is 13.1 Å². The molecule has 0 bridgehead atoms. The van der Waals surface area contributed by atoms with E-state index < -0.39 is 5.97 Å². The van der Waals surface area contributed by atoms with Crippen LogP contribution in [0.15, 0.2) is 53.1 Å². The highest BCUT2D eigenvalue weighted by atomic mass is 35.5. The number of benzene rings is 2. The van der Waals surface area contributed by atoms with Gasteiger partial charge in [-0.3, -0.25) is 9.69 Å². The van der Waals surface area contributed by atoms with Crippen molar-refractivity contribution in [1.29, 1.82) is 0 Å².